The molecule has 4 aromatic rings. The number of aromatic nitrogens is 1. The zero-order valence-corrected chi connectivity index (χ0v) is 13.4. The van der Waals surface area contributed by atoms with Crippen LogP contribution >= 0.6 is 0 Å². The van der Waals surface area contributed by atoms with Crippen molar-refractivity contribution in [2.24, 2.45) is 0 Å². The maximum Gasteiger partial charge on any atom is 0.384 e. The van der Waals surface area contributed by atoms with Crippen LogP contribution in [0.4, 0.5) is 0 Å². The van der Waals surface area contributed by atoms with Crippen molar-refractivity contribution in [1.29, 1.82) is 0 Å². The highest BCUT2D eigenvalue weighted by Crippen LogP contribution is 2.33. The highest BCUT2D eigenvalue weighted by Gasteiger charge is 2.30. The molecule has 4 rings (SSSR count). The van der Waals surface area contributed by atoms with Crippen molar-refractivity contribution in [3.63, 3.8) is 0 Å². The summed E-state index contributed by atoms with van der Waals surface area (Å²) in [4.78, 5) is 0. The van der Waals surface area contributed by atoms with Crippen LogP contribution in [-0.2, 0) is 6.54 Å². The van der Waals surface area contributed by atoms with Crippen LogP contribution in [0.2, 0.25) is 0 Å². The SMILES string of the molecule is CC[n+]1c(-c2ccccc2)oc(O)c1-c1ccc2ccccc2c1. The Morgan fingerprint density at radius 2 is 1.54 bits per heavy atom. The number of nitrogens with zero attached hydrogens (tertiary/aromatic N) is 1. The molecule has 0 bridgehead atoms. The first kappa shape index (κ1) is 14.5. The third kappa shape index (κ3) is 2.35. The number of fused-ring (bicyclic) bond motifs is 1. The molecule has 1 N–H and O–H groups in total. The number of benzene rings is 3. The van der Waals surface area contributed by atoms with Crippen LogP contribution in [0, 0.1) is 0 Å². The number of rotatable bonds is 3. The molecule has 1 heterocycles. The molecule has 0 saturated carbocycles. The largest absolute Gasteiger partial charge is 0.476 e. The molecule has 3 aromatic carbocycles. The van der Waals surface area contributed by atoms with Gasteiger partial charge in [0.1, 0.15) is 6.54 Å². The van der Waals surface area contributed by atoms with Crippen molar-refractivity contribution in [2.75, 3.05) is 0 Å². The van der Waals surface area contributed by atoms with Crippen LogP contribution in [-0.4, -0.2) is 5.11 Å². The summed E-state index contributed by atoms with van der Waals surface area (Å²) >= 11 is 0. The van der Waals surface area contributed by atoms with Gasteiger partial charge < -0.3 is 9.52 Å². The van der Waals surface area contributed by atoms with Crippen molar-refractivity contribution in [1.82, 2.24) is 0 Å². The molecule has 0 aliphatic carbocycles. The summed E-state index contributed by atoms with van der Waals surface area (Å²) in [5.41, 5.74) is 2.60. The Balaban J connectivity index is 1.92. The molecule has 1 aromatic heterocycles. The van der Waals surface area contributed by atoms with Gasteiger partial charge in [-0.15, -0.1) is 0 Å². The predicted octanol–water partition coefficient (Wildman–Crippen LogP) is 4.78. The topological polar surface area (TPSA) is 37.2 Å². The quantitative estimate of drug-likeness (QED) is 0.552. The summed E-state index contributed by atoms with van der Waals surface area (Å²) in [6.45, 7) is 2.75. The summed E-state index contributed by atoms with van der Waals surface area (Å²) in [7, 11) is 0. The van der Waals surface area contributed by atoms with E-state index in [0.717, 1.165) is 16.5 Å². The lowest BCUT2D eigenvalue weighted by atomic mass is 10.1. The van der Waals surface area contributed by atoms with Gasteiger partial charge in [0.15, 0.2) is 0 Å². The van der Waals surface area contributed by atoms with Gasteiger partial charge in [-0.25, -0.2) is 0 Å². The van der Waals surface area contributed by atoms with Crippen molar-refractivity contribution in [2.45, 2.75) is 13.5 Å². The molecular weight excluding hydrogens is 298 g/mol. The second kappa shape index (κ2) is 5.85. The Morgan fingerprint density at radius 1 is 0.833 bits per heavy atom. The van der Waals surface area contributed by atoms with Crippen molar-refractivity contribution >= 4 is 10.8 Å². The first-order chi connectivity index (χ1) is 11.8. The Kier molecular flexibility index (Phi) is 3.54. The lowest BCUT2D eigenvalue weighted by molar-refractivity contribution is -0.674. The van der Waals surface area contributed by atoms with Crippen molar-refractivity contribution < 1.29 is 14.1 Å². The molecule has 3 heteroatoms. The lowest BCUT2D eigenvalue weighted by Gasteiger charge is -2.01. The van der Waals surface area contributed by atoms with E-state index in [9.17, 15) is 5.11 Å². The highest BCUT2D eigenvalue weighted by molar-refractivity contribution is 5.86. The van der Waals surface area contributed by atoms with Crippen LogP contribution in [0.5, 0.6) is 5.95 Å². The number of hydrogen-bond donors (Lipinski definition) is 1. The average Bonchev–Trinajstić information content (AvgIpc) is 2.98. The smallest absolute Gasteiger partial charge is 0.384 e. The van der Waals surface area contributed by atoms with Crippen LogP contribution in [0.15, 0.2) is 77.2 Å². The van der Waals surface area contributed by atoms with E-state index in [1.165, 1.54) is 5.39 Å². The molecule has 0 aliphatic rings. The predicted molar refractivity (Wildman–Crippen MR) is 94.6 cm³/mol. The van der Waals surface area contributed by atoms with Crippen molar-refractivity contribution in [3.8, 4) is 28.7 Å². The molecule has 0 saturated heterocycles. The second-order valence-corrected chi connectivity index (χ2v) is 5.73. The monoisotopic (exact) mass is 316 g/mol. The summed E-state index contributed by atoms with van der Waals surface area (Å²) < 4.78 is 7.72. The van der Waals surface area contributed by atoms with Gasteiger partial charge in [-0.1, -0.05) is 48.5 Å². The zero-order chi connectivity index (χ0) is 16.5. The van der Waals surface area contributed by atoms with Gasteiger partial charge in [-0.05, 0) is 42.0 Å². The standard InChI is InChI=1S/C21H17NO2/c1-2-22-19(18-13-12-15-8-6-7-11-17(15)14-18)21(23)24-20(22)16-9-4-3-5-10-16/h3-14H,2H2,1H3/p+1. The summed E-state index contributed by atoms with van der Waals surface area (Å²) in [6.07, 6.45) is 0. The van der Waals surface area contributed by atoms with Gasteiger partial charge in [0.05, 0.1) is 11.1 Å². The molecule has 0 radical (unpaired) electrons. The molecule has 0 spiro atoms. The van der Waals surface area contributed by atoms with E-state index < -0.39 is 0 Å². The normalized spacial score (nSPS) is 11.0. The average molecular weight is 316 g/mol. The maximum atomic E-state index is 10.4. The Hall–Kier alpha value is -3.07. The van der Waals surface area contributed by atoms with Gasteiger partial charge >= 0.3 is 11.8 Å². The highest BCUT2D eigenvalue weighted by atomic mass is 16.5. The van der Waals surface area contributed by atoms with E-state index in [0.29, 0.717) is 18.1 Å². The Bertz CT molecular complexity index is 1000. The van der Waals surface area contributed by atoms with Gasteiger partial charge in [0, 0.05) is 0 Å². The fourth-order valence-electron chi connectivity index (χ4n) is 3.13. The van der Waals surface area contributed by atoms with Gasteiger partial charge in [-0.3, -0.25) is 0 Å². The van der Waals surface area contributed by atoms with E-state index in [1.54, 1.807) is 0 Å². The summed E-state index contributed by atoms with van der Waals surface area (Å²) in [6, 6.07) is 24.2. The van der Waals surface area contributed by atoms with Crippen LogP contribution < -0.4 is 4.57 Å². The minimum atomic E-state index is -0.0500. The number of aromatic hydroxyl groups is 1. The molecule has 0 aliphatic heterocycles. The van der Waals surface area contributed by atoms with Crippen LogP contribution in [0.3, 0.4) is 0 Å². The third-order valence-corrected chi connectivity index (χ3v) is 4.27. The van der Waals surface area contributed by atoms with Gasteiger partial charge in [-0.2, -0.15) is 4.57 Å². The van der Waals surface area contributed by atoms with E-state index in [1.807, 2.05) is 60.0 Å². The van der Waals surface area contributed by atoms with E-state index in [-0.39, 0.29) is 5.95 Å². The van der Waals surface area contributed by atoms with Crippen molar-refractivity contribution in [3.05, 3.63) is 72.8 Å². The van der Waals surface area contributed by atoms with Crippen LogP contribution in [0.25, 0.3) is 33.5 Å². The fraction of sp³-hybridized carbons (Fsp3) is 0.0952. The second-order valence-electron chi connectivity index (χ2n) is 5.73. The zero-order valence-electron chi connectivity index (χ0n) is 13.4. The Morgan fingerprint density at radius 3 is 2.29 bits per heavy atom. The molecule has 0 amide bonds. The van der Waals surface area contributed by atoms with E-state index >= 15 is 0 Å². The van der Waals surface area contributed by atoms with E-state index in [2.05, 4.69) is 24.3 Å². The molecule has 0 unspecified atom stereocenters. The minimum Gasteiger partial charge on any atom is -0.476 e. The van der Waals surface area contributed by atoms with Gasteiger partial charge in [0.25, 0.3) is 5.69 Å². The van der Waals surface area contributed by atoms with Gasteiger partial charge in [0.2, 0.25) is 0 Å². The summed E-state index contributed by atoms with van der Waals surface area (Å²) in [5.74, 6) is 0.616. The number of hydrogen-bond acceptors (Lipinski definition) is 2. The lowest BCUT2D eigenvalue weighted by Crippen LogP contribution is -2.34. The Labute approximate surface area is 140 Å². The molecule has 0 atom stereocenters. The molecule has 118 valence electrons. The molecule has 3 nitrogen and oxygen atoms in total. The molecular formula is C21H18NO2+. The molecule has 0 fully saturated rings. The first-order valence-electron chi connectivity index (χ1n) is 8.08. The van der Waals surface area contributed by atoms with Crippen LogP contribution in [0.1, 0.15) is 6.92 Å². The molecule has 24 heavy (non-hydrogen) atoms. The van der Waals surface area contributed by atoms with E-state index in [4.69, 9.17) is 4.42 Å². The first-order valence-corrected chi connectivity index (χ1v) is 8.08. The minimum absolute atomic E-state index is 0.0500. The maximum absolute atomic E-state index is 10.4. The summed E-state index contributed by atoms with van der Waals surface area (Å²) in [5, 5.41) is 12.8. The fourth-order valence-corrected chi connectivity index (χ4v) is 3.13. The third-order valence-electron chi connectivity index (χ3n) is 4.27. The number of oxazole rings is 1.